The Morgan fingerprint density at radius 3 is 2.29 bits per heavy atom. The van der Waals surface area contributed by atoms with Crippen molar-refractivity contribution in [1.82, 2.24) is 4.31 Å². The first-order valence-electron chi connectivity index (χ1n) is 5.31. The van der Waals surface area contributed by atoms with Crippen molar-refractivity contribution in [2.24, 2.45) is 0 Å². The summed E-state index contributed by atoms with van der Waals surface area (Å²) in [5.74, 6) is 0.365. The summed E-state index contributed by atoms with van der Waals surface area (Å²) in [4.78, 5) is 0.287. The average molecular weight is 341 g/mol. The number of hydrogen-bond donors (Lipinski definition) is 0. The maximum absolute atomic E-state index is 12.3. The van der Waals surface area contributed by atoms with Crippen LogP contribution in [0.15, 0.2) is 27.6 Å². The van der Waals surface area contributed by atoms with E-state index in [1.54, 1.807) is 18.2 Å². The Morgan fingerprint density at radius 2 is 1.88 bits per heavy atom. The van der Waals surface area contributed by atoms with Gasteiger partial charge in [0.1, 0.15) is 0 Å². The highest BCUT2D eigenvalue weighted by atomic mass is 79.9. The lowest BCUT2D eigenvalue weighted by molar-refractivity contribution is 0.445. The van der Waals surface area contributed by atoms with E-state index in [-0.39, 0.29) is 4.90 Å². The van der Waals surface area contributed by atoms with E-state index in [0.717, 1.165) is 5.56 Å². The Hall–Kier alpha value is -0.100. The fourth-order valence-corrected chi connectivity index (χ4v) is 4.25. The molecule has 0 aliphatic rings. The summed E-state index contributed by atoms with van der Waals surface area (Å²) in [6.07, 6.45) is 0. The molecule has 0 saturated carbocycles. The van der Waals surface area contributed by atoms with Gasteiger partial charge in [0.25, 0.3) is 0 Å². The van der Waals surface area contributed by atoms with Crippen molar-refractivity contribution in [2.45, 2.75) is 24.6 Å². The lowest BCUT2D eigenvalue weighted by atomic mass is 10.2. The third kappa shape index (κ3) is 3.22. The maximum atomic E-state index is 12.3. The minimum absolute atomic E-state index is 0.287. The highest BCUT2D eigenvalue weighted by Gasteiger charge is 2.23. The highest BCUT2D eigenvalue weighted by molar-refractivity contribution is 9.10. The zero-order chi connectivity index (χ0) is 13.1. The van der Waals surface area contributed by atoms with Crippen LogP contribution in [0.1, 0.15) is 19.4 Å². The maximum Gasteiger partial charge on any atom is 0.244 e. The van der Waals surface area contributed by atoms with Crippen LogP contribution < -0.4 is 0 Å². The zero-order valence-corrected chi connectivity index (χ0v) is 12.9. The molecular formula is C11H15BrClNO2S. The van der Waals surface area contributed by atoms with Crippen LogP contribution in [-0.2, 0) is 15.9 Å². The van der Waals surface area contributed by atoms with E-state index in [4.69, 9.17) is 11.6 Å². The van der Waals surface area contributed by atoms with Crippen LogP contribution in [0.2, 0.25) is 0 Å². The molecule has 0 saturated heterocycles. The van der Waals surface area contributed by atoms with Gasteiger partial charge in [0.2, 0.25) is 10.0 Å². The van der Waals surface area contributed by atoms with Crippen LogP contribution in [0, 0.1) is 0 Å². The SMILES string of the molecule is CCN(CC)S(=O)(=O)c1ccc(CCl)cc1Br. The van der Waals surface area contributed by atoms with Gasteiger partial charge in [-0.3, -0.25) is 0 Å². The minimum atomic E-state index is -3.41. The Balaban J connectivity index is 3.24. The summed E-state index contributed by atoms with van der Waals surface area (Å²) < 4.78 is 26.5. The molecule has 0 bridgehead atoms. The minimum Gasteiger partial charge on any atom is -0.207 e. The molecule has 0 aromatic heterocycles. The Kier molecular flexibility index (Phi) is 5.44. The van der Waals surface area contributed by atoms with Gasteiger partial charge in [-0.1, -0.05) is 19.9 Å². The average Bonchev–Trinajstić information content (AvgIpc) is 2.29. The summed E-state index contributed by atoms with van der Waals surface area (Å²) in [6.45, 7) is 4.56. The van der Waals surface area contributed by atoms with Crippen LogP contribution in [0.5, 0.6) is 0 Å². The summed E-state index contributed by atoms with van der Waals surface area (Å²) in [5, 5.41) is 0. The molecule has 6 heteroatoms. The fourth-order valence-electron chi connectivity index (χ4n) is 1.54. The van der Waals surface area contributed by atoms with Crippen molar-refractivity contribution < 1.29 is 8.42 Å². The molecule has 96 valence electrons. The van der Waals surface area contributed by atoms with Crippen LogP contribution in [-0.4, -0.2) is 25.8 Å². The number of alkyl halides is 1. The van der Waals surface area contributed by atoms with E-state index in [0.29, 0.717) is 23.4 Å². The highest BCUT2D eigenvalue weighted by Crippen LogP contribution is 2.26. The normalized spacial score (nSPS) is 12.1. The van der Waals surface area contributed by atoms with Gasteiger partial charge < -0.3 is 0 Å². The quantitative estimate of drug-likeness (QED) is 0.772. The molecule has 0 unspecified atom stereocenters. The first-order valence-corrected chi connectivity index (χ1v) is 8.08. The molecule has 3 nitrogen and oxygen atoms in total. The predicted molar refractivity (Wildman–Crippen MR) is 73.8 cm³/mol. The first kappa shape index (κ1) is 15.0. The van der Waals surface area contributed by atoms with Crippen LogP contribution in [0.25, 0.3) is 0 Å². The van der Waals surface area contributed by atoms with E-state index in [2.05, 4.69) is 15.9 Å². The molecule has 17 heavy (non-hydrogen) atoms. The molecule has 0 fully saturated rings. The topological polar surface area (TPSA) is 37.4 Å². The van der Waals surface area contributed by atoms with Crippen LogP contribution >= 0.6 is 27.5 Å². The van der Waals surface area contributed by atoms with Gasteiger partial charge in [0.05, 0.1) is 4.90 Å². The molecular weight excluding hydrogens is 326 g/mol. The van der Waals surface area contributed by atoms with Gasteiger partial charge in [-0.2, -0.15) is 4.31 Å². The van der Waals surface area contributed by atoms with Gasteiger partial charge >= 0.3 is 0 Å². The van der Waals surface area contributed by atoms with Gasteiger partial charge in [-0.05, 0) is 33.6 Å². The number of halogens is 2. The van der Waals surface area contributed by atoms with E-state index in [9.17, 15) is 8.42 Å². The molecule has 0 heterocycles. The van der Waals surface area contributed by atoms with Gasteiger partial charge in [0.15, 0.2) is 0 Å². The smallest absolute Gasteiger partial charge is 0.207 e. The van der Waals surface area contributed by atoms with Crippen molar-refractivity contribution in [1.29, 1.82) is 0 Å². The summed E-state index contributed by atoms with van der Waals surface area (Å²) in [7, 11) is -3.41. The lowest BCUT2D eigenvalue weighted by Gasteiger charge is -2.19. The van der Waals surface area contributed by atoms with Crippen LogP contribution in [0.3, 0.4) is 0 Å². The molecule has 0 N–H and O–H groups in total. The van der Waals surface area contributed by atoms with Crippen molar-refractivity contribution in [3.05, 3.63) is 28.2 Å². The third-order valence-electron chi connectivity index (χ3n) is 2.47. The van der Waals surface area contributed by atoms with Gasteiger partial charge in [-0.25, -0.2) is 8.42 Å². The van der Waals surface area contributed by atoms with Crippen molar-refractivity contribution in [3.63, 3.8) is 0 Å². The molecule has 0 aliphatic heterocycles. The second-order valence-electron chi connectivity index (χ2n) is 3.49. The number of nitrogens with zero attached hydrogens (tertiary/aromatic N) is 1. The lowest BCUT2D eigenvalue weighted by Crippen LogP contribution is -2.30. The number of sulfonamides is 1. The largest absolute Gasteiger partial charge is 0.244 e. The summed E-state index contributed by atoms with van der Waals surface area (Å²) in [5.41, 5.74) is 0.886. The Bertz CT molecular complexity index is 486. The molecule has 0 atom stereocenters. The summed E-state index contributed by atoms with van der Waals surface area (Å²) >= 11 is 8.99. The second-order valence-corrected chi connectivity index (χ2v) is 6.52. The van der Waals surface area contributed by atoms with E-state index >= 15 is 0 Å². The molecule has 0 amide bonds. The molecule has 0 aliphatic carbocycles. The molecule has 1 aromatic rings. The predicted octanol–water partition coefficient (Wildman–Crippen LogP) is 3.22. The Labute approximate surface area is 116 Å². The van der Waals surface area contributed by atoms with Crippen molar-refractivity contribution in [3.8, 4) is 0 Å². The number of benzene rings is 1. The van der Waals surface area contributed by atoms with Gasteiger partial charge in [0, 0.05) is 23.4 Å². The summed E-state index contributed by atoms with van der Waals surface area (Å²) in [6, 6.07) is 5.06. The standard InChI is InChI=1S/C11H15BrClNO2S/c1-3-14(4-2)17(15,16)11-6-5-9(8-13)7-10(11)12/h5-7H,3-4,8H2,1-2H3. The Morgan fingerprint density at radius 1 is 1.29 bits per heavy atom. The zero-order valence-electron chi connectivity index (χ0n) is 9.78. The number of rotatable bonds is 5. The second kappa shape index (κ2) is 6.18. The van der Waals surface area contributed by atoms with E-state index in [1.807, 2.05) is 13.8 Å². The molecule has 1 rings (SSSR count). The molecule has 1 aromatic carbocycles. The number of hydrogen-bond acceptors (Lipinski definition) is 2. The third-order valence-corrected chi connectivity index (χ3v) is 5.81. The first-order chi connectivity index (χ1) is 7.97. The van der Waals surface area contributed by atoms with E-state index in [1.165, 1.54) is 4.31 Å². The van der Waals surface area contributed by atoms with Crippen LogP contribution in [0.4, 0.5) is 0 Å². The molecule has 0 radical (unpaired) electrons. The van der Waals surface area contributed by atoms with E-state index < -0.39 is 10.0 Å². The van der Waals surface area contributed by atoms with Crippen molar-refractivity contribution >= 4 is 37.6 Å². The monoisotopic (exact) mass is 339 g/mol. The molecule has 0 spiro atoms. The fraction of sp³-hybridized carbons (Fsp3) is 0.455. The van der Waals surface area contributed by atoms with Gasteiger partial charge in [-0.15, -0.1) is 11.6 Å². The van der Waals surface area contributed by atoms with Crippen molar-refractivity contribution in [2.75, 3.05) is 13.1 Å².